The number of hydrogen-bond donors (Lipinski definition) is 1. The van der Waals surface area contributed by atoms with E-state index in [1.807, 2.05) is 36.4 Å². The zero-order valence-electron chi connectivity index (χ0n) is 15.4. The standard InChI is InChI=1S/C22H24N2O3/c25-21(23-19-8-10-20(11-9-19)24-12-1-2-13-24)15-27-22(26)18-7-6-16-4-3-5-17(16)14-18/h6-11,14H,1-5,12-13,15H2,(H,23,25). The Bertz CT molecular complexity index is 839. The maximum atomic E-state index is 12.2. The van der Waals surface area contributed by atoms with E-state index in [2.05, 4.69) is 10.2 Å². The molecule has 0 spiro atoms. The van der Waals surface area contributed by atoms with Crippen molar-refractivity contribution >= 4 is 23.3 Å². The normalized spacial score (nSPS) is 15.5. The Hall–Kier alpha value is -2.82. The molecule has 1 saturated heterocycles. The van der Waals surface area contributed by atoms with Crippen LogP contribution in [0.25, 0.3) is 0 Å². The first kappa shape index (κ1) is 17.6. The van der Waals surface area contributed by atoms with E-state index in [4.69, 9.17) is 4.74 Å². The molecule has 1 aliphatic heterocycles. The van der Waals surface area contributed by atoms with Crippen molar-refractivity contribution in [3.8, 4) is 0 Å². The highest BCUT2D eigenvalue weighted by atomic mass is 16.5. The van der Waals surface area contributed by atoms with Gasteiger partial charge in [-0.15, -0.1) is 0 Å². The van der Waals surface area contributed by atoms with Gasteiger partial charge in [-0.05, 0) is 79.6 Å². The third kappa shape index (κ3) is 4.13. The summed E-state index contributed by atoms with van der Waals surface area (Å²) in [6.45, 7) is 1.89. The number of anilines is 2. The van der Waals surface area contributed by atoms with Crippen LogP contribution in [0.3, 0.4) is 0 Å². The number of aryl methyl sites for hydroxylation is 2. The molecule has 27 heavy (non-hydrogen) atoms. The molecule has 1 amide bonds. The highest BCUT2D eigenvalue weighted by Gasteiger charge is 2.16. The summed E-state index contributed by atoms with van der Waals surface area (Å²) in [6, 6.07) is 13.4. The van der Waals surface area contributed by atoms with Crippen LogP contribution < -0.4 is 10.2 Å². The van der Waals surface area contributed by atoms with E-state index < -0.39 is 5.97 Å². The van der Waals surface area contributed by atoms with E-state index in [0.29, 0.717) is 11.3 Å². The van der Waals surface area contributed by atoms with Crippen molar-refractivity contribution in [2.45, 2.75) is 32.1 Å². The number of ether oxygens (including phenoxy) is 1. The van der Waals surface area contributed by atoms with Gasteiger partial charge in [-0.25, -0.2) is 4.79 Å². The second-order valence-electron chi connectivity index (χ2n) is 7.20. The van der Waals surface area contributed by atoms with Gasteiger partial charge in [-0.1, -0.05) is 6.07 Å². The Kier molecular flexibility index (Phi) is 5.10. The number of carbonyl (C=O) groups is 2. The third-order valence-electron chi connectivity index (χ3n) is 5.29. The predicted octanol–water partition coefficient (Wildman–Crippen LogP) is 3.57. The van der Waals surface area contributed by atoms with Gasteiger partial charge >= 0.3 is 5.97 Å². The summed E-state index contributed by atoms with van der Waals surface area (Å²) < 4.78 is 5.17. The molecule has 0 aromatic heterocycles. The van der Waals surface area contributed by atoms with Crippen LogP contribution in [0.15, 0.2) is 42.5 Å². The lowest BCUT2D eigenvalue weighted by Gasteiger charge is -2.17. The Morgan fingerprint density at radius 2 is 1.67 bits per heavy atom. The molecular weight excluding hydrogens is 340 g/mol. The average molecular weight is 364 g/mol. The number of benzene rings is 2. The number of carbonyl (C=O) groups excluding carboxylic acids is 2. The molecule has 0 unspecified atom stereocenters. The first-order valence-electron chi connectivity index (χ1n) is 9.63. The van der Waals surface area contributed by atoms with Crippen molar-refractivity contribution in [3.63, 3.8) is 0 Å². The van der Waals surface area contributed by atoms with Gasteiger partial charge in [0.25, 0.3) is 5.91 Å². The highest BCUT2D eigenvalue weighted by Crippen LogP contribution is 2.23. The number of esters is 1. The quantitative estimate of drug-likeness (QED) is 0.824. The molecule has 4 rings (SSSR count). The fourth-order valence-corrected chi connectivity index (χ4v) is 3.84. The van der Waals surface area contributed by atoms with E-state index in [0.717, 1.165) is 32.4 Å². The molecule has 0 bridgehead atoms. The van der Waals surface area contributed by atoms with Crippen molar-refractivity contribution < 1.29 is 14.3 Å². The lowest BCUT2D eigenvalue weighted by atomic mass is 10.1. The molecule has 1 heterocycles. The summed E-state index contributed by atoms with van der Waals surface area (Å²) in [5, 5.41) is 2.77. The Morgan fingerprint density at radius 3 is 2.44 bits per heavy atom. The number of rotatable bonds is 5. The van der Waals surface area contributed by atoms with Crippen LogP contribution in [0.1, 0.15) is 40.7 Å². The maximum Gasteiger partial charge on any atom is 0.338 e. The Labute approximate surface area is 159 Å². The minimum Gasteiger partial charge on any atom is -0.452 e. The van der Waals surface area contributed by atoms with Crippen molar-refractivity contribution in [3.05, 3.63) is 59.2 Å². The number of nitrogens with one attached hydrogen (secondary N) is 1. The predicted molar refractivity (Wildman–Crippen MR) is 105 cm³/mol. The van der Waals surface area contributed by atoms with Gasteiger partial charge in [-0.2, -0.15) is 0 Å². The largest absolute Gasteiger partial charge is 0.452 e. The van der Waals surface area contributed by atoms with Crippen LogP contribution in [0, 0.1) is 0 Å². The minimum absolute atomic E-state index is 0.288. The zero-order valence-corrected chi connectivity index (χ0v) is 15.4. The van der Waals surface area contributed by atoms with Crippen LogP contribution in [0.5, 0.6) is 0 Å². The summed E-state index contributed by atoms with van der Waals surface area (Å²) >= 11 is 0. The first-order valence-corrected chi connectivity index (χ1v) is 9.63. The molecule has 2 aromatic carbocycles. The maximum absolute atomic E-state index is 12.2. The van der Waals surface area contributed by atoms with E-state index in [1.54, 1.807) is 6.07 Å². The van der Waals surface area contributed by atoms with E-state index in [1.165, 1.54) is 29.7 Å². The summed E-state index contributed by atoms with van der Waals surface area (Å²) in [5.41, 5.74) is 4.91. The molecule has 1 N–H and O–H groups in total. The van der Waals surface area contributed by atoms with Crippen LogP contribution in [0.4, 0.5) is 11.4 Å². The van der Waals surface area contributed by atoms with Gasteiger partial charge in [0.15, 0.2) is 6.61 Å². The molecule has 1 fully saturated rings. The fourth-order valence-electron chi connectivity index (χ4n) is 3.84. The molecule has 5 nitrogen and oxygen atoms in total. The van der Waals surface area contributed by atoms with Gasteiger partial charge in [0.05, 0.1) is 5.56 Å². The number of hydrogen-bond acceptors (Lipinski definition) is 4. The van der Waals surface area contributed by atoms with Gasteiger partial charge in [0.2, 0.25) is 0 Å². The SMILES string of the molecule is O=C(COC(=O)c1ccc2c(c1)CCC2)Nc1ccc(N2CCCC2)cc1. The molecule has 5 heteroatoms. The second kappa shape index (κ2) is 7.82. The molecule has 140 valence electrons. The fraction of sp³-hybridized carbons (Fsp3) is 0.364. The van der Waals surface area contributed by atoms with Gasteiger partial charge in [0.1, 0.15) is 0 Å². The molecule has 2 aliphatic rings. The summed E-state index contributed by atoms with van der Waals surface area (Å²) in [5.74, 6) is -0.789. The molecule has 0 saturated carbocycles. The zero-order chi connectivity index (χ0) is 18.6. The van der Waals surface area contributed by atoms with Gasteiger partial charge < -0.3 is 15.0 Å². The number of amides is 1. The van der Waals surface area contributed by atoms with Crippen molar-refractivity contribution in [2.75, 3.05) is 29.9 Å². The third-order valence-corrected chi connectivity index (χ3v) is 5.29. The molecular formula is C22H24N2O3. The Morgan fingerprint density at radius 1 is 0.926 bits per heavy atom. The summed E-state index contributed by atoms with van der Waals surface area (Å²) in [7, 11) is 0. The van der Waals surface area contributed by atoms with Crippen LogP contribution >= 0.6 is 0 Å². The smallest absolute Gasteiger partial charge is 0.338 e. The van der Waals surface area contributed by atoms with Gasteiger partial charge in [-0.3, -0.25) is 4.79 Å². The van der Waals surface area contributed by atoms with Crippen molar-refractivity contribution in [1.82, 2.24) is 0 Å². The Balaban J connectivity index is 1.28. The number of fused-ring (bicyclic) bond motifs is 1. The second-order valence-corrected chi connectivity index (χ2v) is 7.20. The number of nitrogens with zero attached hydrogens (tertiary/aromatic N) is 1. The lowest BCUT2D eigenvalue weighted by molar-refractivity contribution is -0.119. The first-order chi connectivity index (χ1) is 13.2. The van der Waals surface area contributed by atoms with E-state index in [-0.39, 0.29) is 12.5 Å². The lowest BCUT2D eigenvalue weighted by Crippen LogP contribution is -2.21. The van der Waals surface area contributed by atoms with Crippen LogP contribution in [-0.2, 0) is 22.4 Å². The van der Waals surface area contributed by atoms with Crippen LogP contribution in [-0.4, -0.2) is 31.6 Å². The monoisotopic (exact) mass is 364 g/mol. The summed E-state index contributed by atoms with van der Waals surface area (Å²) in [6.07, 6.45) is 5.67. The molecule has 1 aliphatic carbocycles. The molecule has 0 atom stereocenters. The van der Waals surface area contributed by atoms with Crippen LogP contribution in [0.2, 0.25) is 0 Å². The highest BCUT2D eigenvalue weighted by molar-refractivity contribution is 5.95. The molecule has 0 radical (unpaired) electrons. The van der Waals surface area contributed by atoms with E-state index >= 15 is 0 Å². The summed E-state index contributed by atoms with van der Waals surface area (Å²) in [4.78, 5) is 26.6. The van der Waals surface area contributed by atoms with Crippen molar-refractivity contribution in [1.29, 1.82) is 0 Å². The average Bonchev–Trinajstić information content (AvgIpc) is 3.38. The van der Waals surface area contributed by atoms with Crippen molar-refractivity contribution in [2.24, 2.45) is 0 Å². The minimum atomic E-state index is -0.454. The van der Waals surface area contributed by atoms with Gasteiger partial charge in [0, 0.05) is 24.5 Å². The molecule has 2 aromatic rings. The van der Waals surface area contributed by atoms with E-state index in [9.17, 15) is 9.59 Å². The topological polar surface area (TPSA) is 58.6 Å².